The number of sulfonamides is 1. The average molecular weight is 334 g/mol. The van der Waals surface area contributed by atoms with Crippen LogP contribution in [-0.4, -0.2) is 49.5 Å². The van der Waals surface area contributed by atoms with E-state index >= 15 is 0 Å². The molecule has 0 bridgehead atoms. The van der Waals surface area contributed by atoms with E-state index in [0.717, 1.165) is 18.5 Å². The summed E-state index contributed by atoms with van der Waals surface area (Å²) in [5, 5.41) is 0. The number of benzene rings is 1. The second-order valence-corrected chi connectivity index (χ2v) is 7.97. The second kappa shape index (κ2) is 6.33. The fraction of sp³-hybridized carbons (Fsp3) is 0.438. The lowest BCUT2D eigenvalue weighted by atomic mass is 10.1. The van der Waals surface area contributed by atoms with Crippen molar-refractivity contribution < 1.29 is 8.42 Å². The van der Waals surface area contributed by atoms with E-state index in [1.54, 1.807) is 35.0 Å². The lowest BCUT2D eigenvalue weighted by Gasteiger charge is -2.31. The molecule has 23 heavy (non-hydrogen) atoms. The summed E-state index contributed by atoms with van der Waals surface area (Å²) in [7, 11) is 0.382. The van der Waals surface area contributed by atoms with Crippen LogP contribution in [0.1, 0.15) is 18.9 Å². The molecule has 1 fully saturated rings. The van der Waals surface area contributed by atoms with Crippen molar-refractivity contribution in [2.75, 3.05) is 32.1 Å². The largest absolute Gasteiger partial charge is 0.378 e. The number of piperidine rings is 1. The predicted octanol–water partition coefficient (Wildman–Crippen LogP) is 1.97. The van der Waals surface area contributed by atoms with Crippen LogP contribution in [0.2, 0.25) is 0 Å². The number of imidazole rings is 1. The molecule has 1 aliphatic heterocycles. The summed E-state index contributed by atoms with van der Waals surface area (Å²) in [5.41, 5.74) is 0.888. The molecule has 124 valence electrons. The van der Waals surface area contributed by atoms with Gasteiger partial charge in [-0.15, -0.1) is 0 Å². The molecule has 0 saturated carbocycles. The second-order valence-electron chi connectivity index (χ2n) is 6.04. The monoisotopic (exact) mass is 334 g/mol. The van der Waals surface area contributed by atoms with Gasteiger partial charge in [0, 0.05) is 51.3 Å². The summed E-state index contributed by atoms with van der Waals surface area (Å²) < 4.78 is 29.3. The molecular formula is C16H22N4O2S. The van der Waals surface area contributed by atoms with Crippen LogP contribution in [0.5, 0.6) is 0 Å². The Morgan fingerprint density at radius 2 is 1.96 bits per heavy atom. The van der Waals surface area contributed by atoms with Crippen LogP contribution >= 0.6 is 0 Å². The van der Waals surface area contributed by atoms with E-state index in [4.69, 9.17) is 0 Å². The zero-order valence-corrected chi connectivity index (χ0v) is 14.3. The van der Waals surface area contributed by atoms with E-state index in [9.17, 15) is 8.42 Å². The maximum Gasteiger partial charge on any atom is 0.243 e. The molecule has 0 spiro atoms. The number of rotatable bonds is 4. The molecule has 0 amide bonds. The molecular weight excluding hydrogens is 312 g/mol. The number of nitrogens with zero attached hydrogens (tertiary/aromatic N) is 4. The molecule has 6 nitrogen and oxygen atoms in total. The Bertz CT molecular complexity index is 748. The van der Waals surface area contributed by atoms with E-state index in [1.165, 1.54) is 0 Å². The van der Waals surface area contributed by atoms with E-state index in [0.29, 0.717) is 24.0 Å². The van der Waals surface area contributed by atoms with Crippen molar-refractivity contribution in [2.24, 2.45) is 0 Å². The molecule has 7 heteroatoms. The van der Waals surface area contributed by atoms with E-state index < -0.39 is 10.0 Å². The normalized spacial score (nSPS) is 17.3. The number of hydrogen-bond acceptors (Lipinski definition) is 4. The van der Waals surface area contributed by atoms with E-state index in [-0.39, 0.29) is 0 Å². The summed E-state index contributed by atoms with van der Waals surface area (Å²) in [6.07, 6.45) is 7.12. The van der Waals surface area contributed by atoms with Crippen LogP contribution in [0.3, 0.4) is 0 Å². The van der Waals surface area contributed by atoms with Gasteiger partial charge >= 0.3 is 0 Å². The molecule has 0 aliphatic carbocycles. The third-order valence-corrected chi connectivity index (χ3v) is 6.24. The number of aromatic nitrogens is 2. The fourth-order valence-electron chi connectivity index (χ4n) is 2.94. The SMILES string of the molecule is CN(C)c1cccc(S(=O)(=O)N2CCC(n3ccnc3)CC2)c1. The first-order valence-electron chi connectivity index (χ1n) is 7.73. The molecule has 1 aromatic heterocycles. The van der Waals surface area contributed by atoms with Crippen molar-refractivity contribution in [1.29, 1.82) is 0 Å². The Labute approximate surface area is 137 Å². The fourth-order valence-corrected chi connectivity index (χ4v) is 4.45. The summed E-state index contributed by atoms with van der Waals surface area (Å²) in [6, 6.07) is 7.43. The van der Waals surface area contributed by atoms with Crippen LogP contribution in [0.15, 0.2) is 47.9 Å². The van der Waals surface area contributed by atoms with E-state index in [1.807, 2.05) is 31.3 Å². The van der Waals surface area contributed by atoms with Gasteiger partial charge in [-0.3, -0.25) is 0 Å². The Morgan fingerprint density at radius 1 is 1.22 bits per heavy atom. The highest BCUT2D eigenvalue weighted by atomic mass is 32.2. The van der Waals surface area contributed by atoms with Crippen LogP contribution in [0, 0.1) is 0 Å². The standard InChI is InChI=1S/C16H22N4O2S/c1-18(2)15-4-3-5-16(12-15)23(21,22)20-9-6-14(7-10-20)19-11-8-17-13-19/h3-5,8,11-14H,6-7,9-10H2,1-2H3. The van der Waals surface area contributed by atoms with Crippen LogP contribution in [0.4, 0.5) is 5.69 Å². The van der Waals surface area contributed by atoms with Crippen molar-refractivity contribution in [3.8, 4) is 0 Å². The zero-order valence-electron chi connectivity index (χ0n) is 13.5. The van der Waals surface area contributed by atoms with Gasteiger partial charge in [-0.25, -0.2) is 13.4 Å². The highest BCUT2D eigenvalue weighted by Gasteiger charge is 2.30. The van der Waals surface area contributed by atoms with Crippen LogP contribution < -0.4 is 4.90 Å². The zero-order chi connectivity index (χ0) is 16.4. The first-order chi connectivity index (χ1) is 11.0. The van der Waals surface area contributed by atoms with Gasteiger partial charge in [0.15, 0.2) is 0 Å². The predicted molar refractivity (Wildman–Crippen MR) is 90.0 cm³/mol. The molecule has 1 saturated heterocycles. The lowest BCUT2D eigenvalue weighted by Crippen LogP contribution is -2.38. The number of anilines is 1. The van der Waals surface area contributed by atoms with Crippen molar-refractivity contribution >= 4 is 15.7 Å². The first kappa shape index (κ1) is 16.0. The molecule has 0 N–H and O–H groups in total. The number of hydrogen-bond donors (Lipinski definition) is 0. The van der Waals surface area contributed by atoms with Gasteiger partial charge in [-0.2, -0.15) is 4.31 Å². The van der Waals surface area contributed by atoms with Gasteiger partial charge in [0.05, 0.1) is 11.2 Å². The highest BCUT2D eigenvalue weighted by molar-refractivity contribution is 7.89. The topological polar surface area (TPSA) is 58.4 Å². The Kier molecular flexibility index (Phi) is 4.41. The van der Waals surface area contributed by atoms with Gasteiger partial charge < -0.3 is 9.47 Å². The van der Waals surface area contributed by atoms with Crippen LogP contribution in [0.25, 0.3) is 0 Å². The van der Waals surface area contributed by atoms with Gasteiger partial charge in [-0.1, -0.05) is 6.07 Å². The third-order valence-electron chi connectivity index (χ3n) is 4.34. The average Bonchev–Trinajstić information content (AvgIpc) is 3.09. The van der Waals surface area contributed by atoms with Crippen molar-refractivity contribution in [2.45, 2.75) is 23.8 Å². The van der Waals surface area contributed by atoms with Gasteiger partial charge in [-0.05, 0) is 31.0 Å². The molecule has 2 heterocycles. The van der Waals surface area contributed by atoms with Crippen molar-refractivity contribution in [3.05, 3.63) is 43.0 Å². The Hall–Kier alpha value is -1.86. The third kappa shape index (κ3) is 3.25. The summed E-state index contributed by atoms with van der Waals surface area (Å²) in [6.45, 7) is 1.08. The maximum absolute atomic E-state index is 12.8. The molecule has 2 aromatic rings. The minimum absolute atomic E-state index is 0.331. The van der Waals surface area contributed by atoms with Gasteiger partial charge in [0.25, 0.3) is 0 Å². The van der Waals surface area contributed by atoms with Gasteiger partial charge in [0.1, 0.15) is 0 Å². The lowest BCUT2D eigenvalue weighted by molar-refractivity contribution is 0.274. The molecule has 3 rings (SSSR count). The summed E-state index contributed by atoms with van der Waals surface area (Å²) in [5.74, 6) is 0. The summed E-state index contributed by atoms with van der Waals surface area (Å²) >= 11 is 0. The first-order valence-corrected chi connectivity index (χ1v) is 9.17. The van der Waals surface area contributed by atoms with E-state index in [2.05, 4.69) is 9.55 Å². The summed E-state index contributed by atoms with van der Waals surface area (Å²) in [4.78, 5) is 6.34. The highest BCUT2D eigenvalue weighted by Crippen LogP contribution is 2.27. The quantitative estimate of drug-likeness (QED) is 0.858. The molecule has 0 unspecified atom stereocenters. The van der Waals surface area contributed by atoms with Gasteiger partial charge in [0.2, 0.25) is 10.0 Å². The smallest absolute Gasteiger partial charge is 0.243 e. The molecule has 1 aromatic carbocycles. The molecule has 0 atom stereocenters. The Morgan fingerprint density at radius 3 is 2.57 bits per heavy atom. The minimum Gasteiger partial charge on any atom is -0.378 e. The maximum atomic E-state index is 12.8. The molecule has 1 aliphatic rings. The van der Waals surface area contributed by atoms with Crippen molar-refractivity contribution in [3.63, 3.8) is 0 Å². The molecule has 0 radical (unpaired) electrons. The van der Waals surface area contributed by atoms with Crippen LogP contribution in [-0.2, 0) is 10.0 Å². The minimum atomic E-state index is -3.43. The Balaban J connectivity index is 1.75. The van der Waals surface area contributed by atoms with Crippen molar-refractivity contribution in [1.82, 2.24) is 13.9 Å².